The van der Waals surface area contributed by atoms with Gasteiger partial charge in [0.15, 0.2) is 0 Å². The maximum absolute atomic E-state index is 5.37. The van der Waals surface area contributed by atoms with Gasteiger partial charge in [-0.15, -0.1) is 0 Å². The van der Waals surface area contributed by atoms with E-state index in [0.717, 1.165) is 31.1 Å². The summed E-state index contributed by atoms with van der Waals surface area (Å²) >= 11 is 0. The van der Waals surface area contributed by atoms with Gasteiger partial charge in [0, 0.05) is 19.2 Å². The van der Waals surface area contributed by atoms with E-state index in [9.17, 15) is 0 Å². The molecule has 0 amide bonds. The standard InChI is InChI=1S/C19H23NO2/c1-21-18-10-15(11-19(12-18)22-2)13-20-9-5-8-16-6-3-4-7-17(16)14-20/h3-4,6-7,10-12H,5,8-9,13-14H2,1-2H3. The average Bonchev–Trinajstić information content (AvgIpc) is 2.76. The van der Waals surface area contributed by atoms with Crippen LogP contribution in [0.3, 0.4) is 0 Å². The van der Waals surface area contributed by atoms with Gasteiger partial charge >= 0.3 is 0 Å². The largest absolute Gasteiger partial charge is 0.497 e. The van der Waals surface area contributed by atoms with E-state index in [1.54, 1.807) is 14.2 Å². The summed E-state index contributed by atoms with van der Waals surface area (Å²) in [7, 11) is 3.39. The third kappa shape index (κ3) is 3.42. The number of methoxy groups -OCH3 is 2. The second kappa shape index (κ2) is 6.84. The molecule has 0 N–H and O–H groups in total. The van der Waals surface area contributed by atoms with Gasteiger partial charge in [-0.25, -0.2) is 0 Å². The smallest absolute Gasteiger partial charge is 0.122 e. The highest BCUT2D eigenvalue weighted by Crippen LogP contribution is 2.25. The number of benzene rings is 2. The van der Waals surface area contributed by atoms with Crippen LogP contribution >= 0.6 is 0 Å². The van der Waals surface area contributed by atoms with Crippen LogP contribution in [0.1, 0.15) is 23.1 Å². The van der Waals surface area contributed by atoms with Gasteiger partial charge in [0.2, 0.25) is 0 Å². The quantitative estimate of drug-likeness (QED) is 0.860. The summed E-state index contributed by atoms with van der Waals surface area (Å²) in [6.45, 7) is 3.05. The van der Waals surface area contributed by atoms with Crippen molar-refractivity contribution in [1.82, 2.24) is 4.90 Å². The molecule has 1 heterocycles. The molecule has 2 aromatic rings. The van der Waals surface area contributed by atoms with Crippen molar-refractivity contribution in [3.63, 3.8) is 0 Å². The van der Waals surface area contributed by atoms with Crippen molar-refractivity contribution >= 4 is 0 Å². The molecule has 116 valence electrons. The van der Waals surface area contributed by atoms with Gasteiger partial charge in [0.1, 0.15) is 11.5 Å². The molecule has 2 aromatic carbocycles. The number of aryl methyl sites for hydroxylation is 1. The highest BCUT2D eigenvalue weighted by Gasteiger charge is 2.15. The lowest BCUT2D eigenvalue weighted by Crippen LogP contribution is -2.22. The minimum absolute atomic E-state index is 0.851. The van der Waals surface area contributed by atoms with Crippen LogP contribution in [0.25, 0.3) is 0 Å². The van der Waals surface area contributed by atoms with E-state index in [0.29, 0.717) is 0 Å². The van der Waals surface area contributed by atoms with Gasteiger partial charge in [0.05, 0.1) is 14.2 Å². The predicted octanol–water partition coefficient (Wildman–Crippen LogP) is 3.65. The lowest BCUT2D eigenvalue weighted by Gasteiger charge is -2.21. The Bertz CT molecular complexity index is 617. The number of ether oxygens (including phenoxy) is 2. The first-order valence-electron chi connectivity index (χ1n) is 7.79. The van der Waals surface area contributed by atoms with Gasteiger partial charge in [-0.05, 0) is 48.2 Å². The third-order valence-corrected chi connectivity index (χ3v) is 4.25. The fraction of sp³-hybridized carbons (Fsp3) is 0.368. The molecule has 0 saturated heterocycles. The molecule has 0 radical (unpaired) electrons. The second-order valence-corrected chi connectivity index (χ2v) is 5.80. The van der Waals surface area contributed by atoms with Crippen LogP contribution in [0.2, 0.25) is 0 Å². The molecule has 0 spiro atoms. The van der Waals surface area contributed by atoms with E-state index in [2.05, 4.69) is 41.3 Å². The highest BCUT2D eigenvalue weighted by molar-refractivity contribution is 5.38. The molecular formula is C19H23NO2. The first-order chi connectivity index (χ1) is 10.8. The molecule has 0 bridgehead atoms. The summed E-state index contributed by atoms with van der Waals surface area (Å²) in [4.78, 5) is 2.50. The molecule has 0 aliphatic carbocycles. The van der Waals surface area contributed by atoms with Crippen LogP contribution < -0.4 is 9.47 Å². The molecule has 0 unspecified atom stereocenters. The van der Waals surface area contributed by atoms with E-state index in [1.165, 1.54) is 29.5 Å². The minimum Gasteiger partial charge on any atom is -0.497 e. The molecule has 0 fully saturated rings. The summed E-state index contributed by atoms with van der Waals surface area (Å²) in [5.74, 6) is 1.70. The second-order valence-electron chi connectivity index (χ2n) is 5.80. The first kappa shape index (κ1) is 14.9. The first-order valence-corrected chi connectivity index (χ1v) is 7.79. The number of nitrogens with zero attached hydrogens (tertiary/aromatic N) is 1. The van der Waals surface area contributed by atoms with E-state index >= 15 is 0 Å². The molecule has 0 atom stereocenters. The van der Waals surface area contributed by atoms with Crippen molar-refractivity contribution in [3.05, 3.63) is 59.2 Å². The van der Waals surface area contributed by atoms with Crippen molar-refractivity contribution in [3.8, 4) is 11.5 Å². The van der Waals surface area contributed by atoms with Crippen molar-refractivity contribution < 1.29 is 9.47 Å². The van der Waals surface area contributed by atoms with E-state index in [1.807, 2.05) is 6.07 Å². The Kier molecular flexibility index (Phi) is 4.64. The summed E-state index contributed by atoms with van der Waals surface area (Å²) < 4.78 is 10.7. The number of hydrogen-bond donors (Lipinski definition) is 0. The van der Waals surface area contributed by atoms with Crippen LogP contribution in [0.4, 0.5) is 0 Å². The molecule has 0 aromatic heterocycles. The van der Waals surface area contributed by atoms with Gasteiger partial charge < -0.3 is 9.47 Å². The maximum atomic E-state index is 5.37. The van der Waals surface area contributed by atoms with Gasteiger partial charge in [-0.2, -0.15) is 0 Å². The molecule has 3 rings (SSSR count). The minimum atomic E-state index is 0.851. The van der Waals surface area contributed by atoms with Gasteiger partial charge in [-0.1, -0.05) is 24.3 Å². The monoisotopic (exact) mass is 297 g/mol. The molecule has 22 heavy (non-hydrogen) atoms. The zero-order chi connectivity index (χ0) is 15.4. The van der Waals surface area contributed by atoms with Crippen LogP contribution in [-0.2, 0) is 19.5 Å². The molecule has 3 heteroatoms. The predicted molar refractivity (Wildman–Crippen MR) is 88.4 cm³/mol. The Morgan fingerprint density at radius 2 is 1.64 bits per heavy atom. The molecule has 1 aliphatic heterocycles. The summed E-state index contributed by atoms with van der Waals surface area (Å²) in [6, 6.07) is 14.9. The Morgan fingerprint density at radius 3 is 2.32 bits per heavy atom. The normalized spacial score (nSPS) is 15.0. The maximum Gasteiger partial charge on any atom is 0.122 e. The van der Waals surface area contributed by atoms with Crippen LogP contribution in [0.5, 0.6) is 11.5 Å². The highest BCUT2D eigenvalue weighted by atomic mass is 16.5. The fourth-order valence-electron chi connectivity index (χ4n) is 3.12. The number of rotatable bonds is 4. The summed E-state index contributed by atoms with van der Waals surface area (Å²) in [5, 5.41) is 0. The number of hydrogen-bond acceptors (Lipinski definition) is 3. The molecule has 3 nitrogen and oxygen atoms in total. The van der Waals surface area contributed by atoms with Crippen molar-refractivity contribution in [2.24, 2.45) is 0 Å². The van der Waals surface area contributed by atoms with E-state index in [4.69, 9.17) is 9.47 Å². The van der Waals surface area contributed by atoms with Crippen LogP contribution in [0, 0.1) is 0 Å². The Hall–Kier alpha value is -2.00. The van der Waals surface area contributed by atoms with Crippen molar-refractivity contribution in [2.45, 2.75) is 25.9 Å². The topological polar surface area (TPSA) is 21.7 Å². The van der Waals surface area contributed by atoms with Gasteiger partial charge in [0.25, 0.3) is 0 Å². The van der Waals surface area contributed by atoms with Crippen molar-refractivity contribution in [1.29, 1.82) is 0 Å². The lowest BCUT2D eigenvalue weighted by atomic mass is 10.0. The fourth-order valence-corrected chi connectivity index (χ4v) is 3.12. The molecule has 0 saturated carbocycles. The van der Waals surface area contributed by atoms with E-state index in [-0.39, 0.29) is 0 Å². The SMILES string of the molecule is COc1cc(CN2CCCc3ccccc3C2)cc(OC)c1. The number of fused-ring (bicyclic) bond motifs is 1. The Labute approximate surface area is 132 Å². The summed E-state index contributed by atoms with van der Waals surface area (Å²) in [5.41, 5.74) is 4.18. The Morgan fingerprint density at radius 1 is 0.955 bits per heavy atom. The van der Waals surface area contributed by atoms with Crippen LogP contribution in [0.15, 0.2) is 42.5 Å². The van der Waals surface area contributed by atoms with Crippen molar-refractivity contribution in [2.75, 3.05) is 20.8 Å². The summed E-state index contributed by atoms with van der Waals surface area (Å²) in [6.07, 6.45) is 2.38. The van der Waals surface area contributed by atoms with E-state index < -0.39 is 0 Å². The Balaban J connectivity index is 1.78. The average molecular weight is 297 g/mol. The molecule has 1 aliphatic rings. The lowest BCUT2D eigenvalue weighted by molar-refractivity contribution is 0.260. The molecular weight excluding hydrogens is 274 g/mol. The van der Waals surface area contributed by atoms with Gasteiger partial charge in [-0.3, -0.25) is 4.90 Å². The van der Waals surface area contributed by atoms with Crippen LogP contribution in [-0.4, -0.2) is 25.7 Å². The third-order valence-electron chi connectivity index (χ3n) is 4.25. The zero-order valence-electron chi connectivity index (χ0n) is 13.3. The zero-order valence-corrected chi connectivity index (χ0v) is 13.3.